The molecule has 0 spiro atoms. The smallest absolute Gasteiger partial charge is 0.220 e. The SMILES string of the molecule is CC(C)CCC(=O)NC1(CBr)CCOCC1. The quantitative estimate of drug-likeness (QED) is 0.791. The molecular formula is C12H22BrNO2. The second-order valence-electron chi connectivity index (χ2n) is 5.01. The Bertz CT molecular complexity index is 225. The van der Waals surface area contributed by atoms with Crippen LogP contribution >= 0.6 is 15.9 Å². The highest BCUT2D eigenvalue weighted by atomic mass is 79.9. The highest BCUT2D eigenvalue weighted by Gasteiger charge is 2.32. The first kappa shape index (κ1) is 14.0. The number of amides is 1. The van der Waals surface area contributed by atoms with Gasteiger partial charge in [-0.1, -0.05) is 29.8 Å². The van der Waals surface area contributed by atoms with Gasteiger partial charge in [-0.2, -0.15) is 0 Å². The van der Waals surface area contributed by atoms with Gasteiger partial charge in [0.1, 0.15) is 0 Å². The lowest BCUT2D eigenvalue weighted by atomic mass is 9.92. The molecule has 0 atom stereocenters. The minimum atomic E-state index is -0.0771. The van der Waals surface area contributed by atoms with E-state index in [0.29, 0.717) is 12.3 Å². The van der Waals surface area contributed by atoms with Crippen LogP contribution in [0.5, 0.6) is 0 Å². The highest BCUT2D eigenvalue weighted by molar-refractivity contribution is 9.09. The van der Waals surface area contributed by atoms with Crippen LogP contribution < -0.4 is 5.32 Å². The van der Waals surface area contributed by atoms with E-state index < -0.39 is 0 Å². The van der Waals surface area contributed by atoms with Crippen molar-refractivity contribution in [3.63, 3.8) is 0 Å². The molecule has 1 saturated heterocycles. The zero-order valence-electron chi connectivity index (χ0n) is 10.2. The Kier molecular flexibility index (Phi) is 5.76. The third-order valence-electron chi connectivity index (χ3n) is 3.06. The molecule has 0 saturated carbocycles. The van der Waals surface area contributed by atoms with Crippen LogP contribution in [0.3, 0.4) is 0 Å². The summed E-state index contributed by atoms with van der Waals surface area (Å²) in [6.45, 7) is 5.77. The van der Waals surface area contributed by atoms with Crippen LogP contribution in [0, 0.1) is 5.92 Å². The number of hydrogen-bond donors (Lipinski definition) is 1. The molecule has 1 fully saturated rings. The van der Waals surface area contributed by atoms with Crippen molar-refractivity contribution < 1.29 is 9.53 Å². The van der Waals surface area contributed by atoms with Gasteiger partial charge in [0.15, 0.2) is 0 Å². The van der Waals surface area contributed by atoms with E-state index in [1.807, 2.05) is 0 Å². The summed E-state index contributed by atoms with van der Waals surface area (Å²) in [6, 6.07) is 0. The van der Waals surface area contributed by atoms with Crippen LogP contribution in [0.1, 0.15) is 39.5 Å². The number of alkyl halides is 1. The zero-order valence-corrected chi connectivity index (χ0v) is 11.8. The van der Waals surface area contributed by atoms with Crippen molar-refractivity contribution in [3.8, 4) is 0 Å². The van der Waals surface area contributed by atoms with E-state index in [4.69, 9.17) is 4.74 Å². The molecule has 3 nitrogen and oxygen atoms in total. The minimum absolute atomic E-state index is 0.0771. The molecule has 0 bridgehead atoms. The molecule has 4 heteroatoms. The number of nitrogens with one attached hydrogen (secondary N) is 1. The van der Waals surface area contributed by atoms with Crippen molar-refractivity contribution in [2.75, 3.05) is 18.5 Å². The first-order valence-corrected chi connectivity index (χ1v) is 7.15. The lowest BCUT2D eigenvalue weighted by Gasteiger charge is -2.36. The van der Waals surface area contributed by atoms with Crippen molar-refractivity contribution in [2.24, 2.45) is 5.92 Å². The van der Waals surface area contributed by atoms with Crippen molar-refractivity contribution in [1.82, 2.24) is 5.32 Å². The molecule has 1 rings (SSSR count). The number of carbonyl (C=O) groups is 1. The third kappa shape index (κ3) is 4.42. The maximum atomic E-state index is 11.8. The number of ether oxygens (including phenoxy) is 1. The van der Waals surface area contributed by atoms with Gasteiger partial charge in [-0.15, -0.1) is 0 Å². The zero-order chi connectivity index (χ0) is 12.0. The maximum absolute atomic E-state index is 11.8. The fourth-order valence-corrected chi connectivity index (χ4v) is 2.53. The fourth-order valence-electron chi connectivity index (χ4n) is 1.83. The second-order valence-corrected chi connectivity index (χ2v) is 5.57. The van der Waals surface area contributed by atoms with E-state index in [9.17, 15) is 4.79 Å². The van der Waals surface area contributed by atoms with Gasteiger partial charge in [0, 0.05) is 25.0 Å². The van der Waals surface area contributed by atoms with Gasteiger partial charge in [-0.25, -0.2) is 0 Å². The first-order chi connectivity index (χ1) is 7.58. The number of halogens is 1. The van der Waals surface area contributed by atoms with Crippen molar-refractivity contribution in [3.05, 3.63) is 0 Å². The molecular weight excluding hydrogens is 270 g/mol. The topological polar surface area (TPSA) is 38.3 Å². The Balaban J connectivity index is 2.39. The number of rotatable bonds is 5. The molecule has 1 aliphatic heterocycles. The monoisotopic (exact) mass is 291 g/mol. The summed E-state index contributed by atoms with van der Waals surface area (Å²) in [5.74, 6) is 0.760. The summed E-state index contributed by atoms with van der Waals surface area (Å²) in [6.07, 6.45) is 3.41. The molecule has 1 amide bonds. The summed E-state index contributed by atoms with van der Waals surface area (Å²) < 4.78 is 5.33. The number of hydrogen-bond acceptors (Lipinski definition) is 2. The highest BCUT2D eigenvalue weighted by Crippen LogP contribution is 2.23. The summed E-state index contributed by atoms with van der Waals surface area (Å²) >= 11 is 3.51. The van der Waals surface area contributed by atoms with E-state index in [1.54, 1.807) is 0 Å². The van der Waals surface area contributed by atoms with E-state index in [-0.39, 0.29) is 11.4 Å². The normalized spacial score (nSPS) is 19.8. The Morgan fingerprint density at radius 1 is 1.44 bits per heavy atom. The Morgan fingerprint density at radius 2 is 2.06 bits per heavy atom. The van der Waals surface area contributed by atoms with Gasteiger partial charge in [0.05, 0.1) is 5.54 Å². The molecule has 1 N–H and O–H groups in total. The van der Waals surface area contributed by atoms with E-state index in [2.05, 4.69) is 35.1 Å². The van der Waals surface area contributed by atoms with Gasteiger partial charge in [0.2, 0.25) is 5.91 Å². The molecule has 0 aromatic carbocycles. The Morgan fingerprint density at radius 3 is 2.56 bits per heavy atom. The van der Waals surface area contributed by atoms with Crippen LogP contribution in [0.2, 0.25) is 0 Å². The standard InChI is InChI=1S/C12H22BrNO2/c1-10(2)3-4-11(15)14-12(9-13)5-7-16-8-6-12/h10H,3-9H2,1-2H3,(H,14,15). The number of carbonyl (C=O) groups excluding carboxylic acids is 1. The van der Waals surface area contributed by atoms with Gasteiger partial charge >= 0.3 is 0 Å². The average molecular weight is 292 g/mol. The molecule has 94 valence electrons. The first-order valence-electron chi connectivity index (χ1n) is 6.03. The van der Waals surface area contributed by atoms with Gasteiger partial charge in [-0.3, -0.25) is 4.79 Å². The molecule has 0 radical (unpaired) electrons. The predicted octanol–water partition coefficient (Wildman–Crippen LogP) is 2.48. The lowest BCUT2D eigenvalue weighted by molar-refractivity contribution is -0.124. The van der Waals surface area contributed by atoms with Crippen LogP contribution in [-0.4, -0.2) is 30.0 Å². The summed E-state index contributed by atoms with van der Waals surface area (Å²) in [5, 5.41) is 3.99. The van der Waals surface area contributed by atoms with Crippen LogP contribution in [0.4, 0.5) is 0 Å². The Hall–Kier alpha value is -0.0900. The molecule has 1 heterocycles. The van der Waals surface area contributed by atoms with Crippen LogP contribution in [0.25, 0.3) is 0 Å². The van der Waals surface area contributed by atoms with Crippen molar-refractivity contribution >= 4 is 21.8 Å². The molecule has 0 aromatic heterocycles. The van der Waals surface area contributed by atoms with E-state index >= 15 is 0 Å². The van der Waals surface area contributed by atoms with E-state index in [0.717, 1.165) is 37.8 Å². The fraction of sp³-hybridized carbons (Fsp3) is 0.917. The molecule has 0 aromatic rings. The van der Waals surface area contributed by atoms with Crippen LogP contribution in [-0.2, 0) is 9.53 Å². The van der Waals surface area contributed by atoms with Gasteiger partial charge in [-0.05, 0) is 25.2 Å². The molecule has 0 unspecified atom stereocenters. The molecule has 0 aliphatic carbocycles. The maximum Gasteiger partial charge on any atom is 0.220 e. The minimum Gasteiger partial charge on any atom is -0.381 e. The van der Waals surface area contributed by atoms with Gasteiger partial charge < -0.3 is 10.1 Å². The van der Waals surface area contributed by atoms with Crippen molar-refractivity contribution in [2.45, 2.75) is 45.1 Å². The summed E-state index contributed by atoms with van der Waals surface area (Å²) in [5.41, 5.74) is -0.0771. The Labute approximate surface area is 106 Å². The average Bonchev–Trinajstić information content (AvgIpc) is 2.28. The van der Waals surface area contributed by atoms with Gasteiger partial charge in [0.25, 0.3) is 0 Å². The predicted molar refractivity (Wildman–Crippen MR) is 68.8 cm³/mol. The van der Waals surface area contributed by atoms with E-state index in [1.165, 1.54) is 0 Å². The third-order valence-corrected chi connectivity index (χ3v) is 4.13. The lowest BCUT2D eigenvalue weighted by Crippen LogP contribution is -2.53. The molecule has 16 heavy (non-hydrogen) atoms. The van der Waals surface area contributed by atoms with Crippen molar-refractivity contribution in [1.29, 1.82) is 0 Å². The summed E-state index contributed by atoms with van der Waals surface area (Å²) in [4.78, 5) is 11.8. The second kappa shape index (κ2) is 6.60. The largest absolute Gasteiger partial charge is 0.381 e. The van der Waals surface area contributed by atoms with Crippen LogP contribution in [0.15, 0.2) is 0 Å². The molecule has 1 aliphatic rings. The summed E-state index contributed by atoms with van der Waals surface area (Å²) in [7, 11) is 0.